The normalized spacial score (nSPS) is 11.8. The SMILES string of the molecule is Cc1ccnc(NC(=O)c2c(C)nc3c(Cl)cc(C(F)(F)F)cn23)c1. The number of halogens is 4. The van der Waals surface area contributed by atoms with Gasteiger partial charge in [0.1, 0.15) is 11.5 Å². The first kappa shape index (κ1) is 17.2. The minimum atomic E-state index is -4.60. The smallest absolute Gasteiger partial charge is 0.305 e. The fraction of sp³-hybridized carbons (Fsp3) is 0.188. The predicted molar refractivity (Wildman–Crippen MR) is 86.9 cm³/mol. The molecule has 0 unspecified atom stereocenters. The highest BCUT2D eigenvalue weighted by Gasteiger charge is 2.33. The molecule has 0 aliphatic heterocycles. The van der Waals surface area contributed by atoms with Gasteiger partial charge in [0.25, 0.3) is 5.91 Å². The van der Waals surface area contributed by atoms with E-state index in [1.807, 2.05) is 6.92 Å². The second kappa shape index (κ2) is 6.03. The van der Waals surface area contributed by atoms with Gasteiger partial charge in [0.15, 0.2) is 5.65 Å². The van der Waals surface area contributed by atoms with Crippen LogP contribution in [0.15, 0.2) is 30.6 Å². The van der Waals surface area contributed by atoms with Crippen molar-refractivity contribution in [1.82, 2.24) is 14.4 Å². The maximum absolute atomic E-state index is 13.0. The first-order chi connectivity index (χ1) is 11.7. The van der Waals surface area contributed by atoms with Crippen molar-refractivity contribution in [2.24, 2.45) is 0 Å². The van der Waals surface area contributed by atoms with Gasteiger partial charge >= 0.3 is 6.18 Å². The summed E-state index contributed by atoms with van der Waals surface area (Å²) in [4.78, 5) is 20.7. The number of hydrogen-bond acceptors (Lipinski definition) is 3. The Kier molecular flexibility index (Phi) is 4.16. The molecule has 3 aromatic rings. The van der Waals surface area contributed by atoms with Gasteiger partial charge in [0.05, 0.1) is 16.3 Å². The van der Waals surface area contributed by atoms with Gasteiger partial charge < -0.3 is 5.32 Å². The molecule has 0 spiro atoms. The van der Waals surface area contributed by atoms with Crippen molar-refractivity contribution in [2.45, 2.75) is 20.0 Å². The molecule has 0 saturated carbocycles. The summed E-state index contributed by atoms with van der Waals surface area (Å²) in [6.07, 6.45) is -2.27. The largest absolute Gasteiger partial charge is 0.417 e. The summed E-state index contributed by atoms with van der Waals surface area (Å²) in [7, 11) is 0. The van der Waals surface area contributed by atoms with Crippen LogP contribution in [0, 0.1) is 13.8 Å². The number of nitrogens with one attached hydrogen (secondary N) is 1. The van der Waals surface area contributed by atoms with Crippen LogP contribution in [0.25, 0.3) is 5.65 Å². The molecule has 0 radical (unpaired) electrons. The van der Waals surface area contributed by atoms with E-state index in [1.165, 1.54) is 13.1 Å². The zero-order chi connectivity index (χ0) is 18.4. The van der Waals surface area contributed by atoms with Gasteiger partial charge in [-0.3, -0.25) is 9.20 Å². The van der Waals surface area contributed by atoms with Gasteiger partial charge in [0, 0.05) is 12.4 Å². The Bertz CT molecular complexity index is 981. The van der Waals surface area contributed by atoms with Crippen LogP contribution in [-0.4, -0.2) is 20.3 Å². The third kappa shape index (κ3) is 3.30. The number of carbonyl (C=O) groups excluding carboxylic acids is 1. The van der Waals surface area contributed by atoms with E-state index >= 15 is 0 Å². The molecule has 3 aromatic heterocycles. The first-order valence-corrected chi connectivity index (χ1v) is 7.54. The fourth-order valence-electron chi connectivity index (χ4n) is 2.43. The summed E-state index contributed by atoms with van der Waals surface area (Å²) in [6, 6.07) is 4.18. The molecule has 0 aliphatic rings. The van der Waals surface area contributed by atoms with Crippen molar-refractivity contribution in [3.05, 3.63) is 58.1 Å². The quantitative estimate of drug-likeness (QED) is 0.734. The molecule has 3 rings (SSSR count). The molecule has 0 bridgehead atoms. The van der Waals surface area contributed by atoms with Crippen molar-refractivity contribution < 1.29 is 18.0 Å². The van der Waals surface area contributed by atoms with E-state index in [2.05, 4.69) is 15.3 Å². The average Bonchev–Trinajstić information content (AvgIpc) is 2.83. The molecule has 3 heterocycles. The molecule has 5 nitrogen and oxygen atoms in total. The molecule has 0 fully saturated rings. The van der Waals surface area contributed by atoms with E-state index in [4.69, 9.17) is 11.6 Å². The van der Waals surface area contributed by atoms with Gasteiger partial charge in [-0.2, -0.15) is 13.2 Å². The van der Waals surface area contributed by atoms with Crippen LogP contribution in [0.2, 0.25) is 5.02 Å². The number of nitrogens with zero attached hydrogens (tertiary/aromatic N) is 3. The van der Waals surface area contributed by atoms with Crippen LogP contribution in [0.4, 0.5) is 19.0 Å². The molecule has 130 valence electrons. The summed E-state index contributed by atoms with van der Waals surface area (Å²) in [5, 5.41) is 2.37. The Balaban J connectivity index is 2.10. The lowest BCUT2D eigenvalue weighted by Gasteiger charge is -2.10. The fourth-order valence-corrected chi connectivity index (χ4v) is 2.68. The number of fused-ring (bicyclic) bond motifs is 1. The minimum Gasteiger partial charge on any atom is -0.305 e. The van der Waals surface area contributed by atoms with E-state index in [1.54, 1.807) is 12.1 Å². The summed E-state index contributed by atoms with van der Waals surface area (Å²) in [6.45, 7) is 3.35. The summed E-state index contributed by atoms with van der Waals surface area (Å²) in [5.74, 6) is -0.337. The third-order valence-electron chi connectivity index (χ3n) is 3.55. The van der Waals surface area contributed by atoms with E-state index in [9.17, 15) is 18.0 Å². The van der Waals surface area contributed by atoms with E-state index in [0.29, 0.717) is 0 Å². The summed E-state index contributed by atoms with van der Waals surface area (Å²) < 4.78 is 40.1. The van der Waals surface area contributed by atoms with Gasteiger partial charge in [-0.15, -0.1) is 0 Å². The number of aryl methyl sites for hydroxylation is 2. The Morgan fingerprint density at radius 3 is 2.64 bits per heavy atom. The Hall–Kier alpha value is -2.61. The van der Waals surface area contributed by atoms with Crippen LogP contribution < -0.4 is 5.32 Å². The lowest BCUT2D eigenvalue weighted by Crippen LogP contribution is -2.17. The maximum Gasteiger partial charge on any atom is 0.417 e. The number of amides is 1. The standard InChI is InChI=1S/C16H12ClF3N4O/c1-8-3-4-21-12(5-8)23-15(25)13-9(2)22-14-11(17)6-10(7-24(13)14)16(18,19)20/h3-7H,1-2H3,(H,21,23,25). The number of alkyl halides is 3. The summed E-state index contributed by atoms with van der Waals surface area (Å²) in [5.41, 5.74) is 0.208. The van der Waals surface area contributed by atoms with Crippen LogP contribution >= 0.6 is 11.6 Å². The zero-order valence-corrected chi connectivity index (χ0v) is 13.9. The molecular weight excluding hydrogens is 357 g/mol. The van der Waals surface area contributed by atoms with Gasteiger partial charge in [-0.05, 0) is 37.6 Å². The van der Waals surface area contributed by atoms with Crippen molar-refractivity contribution in [1.29, 1.82) is 0 Å². The molecule has 0 atom stereocenters. The highest BCUT2D eigenvalue weighted by Crippen LogP contribution is 2.33. The third-order valence-corrected chi connectivity index (χ3v) is 3.83. The van der Waals surface area contributed by atoms with Crippen molar-refractivity contribution in [2.75, 3.05) is 5.32 Å². The molecule has 1 N–H and O–H groups in total. The minimum absolute atomic E-state index is 0.0358. The zero-order valence-electron chi connectivity index (χ0n) is 13.1. The molecule has 1 amide bonds. The van der Waals surface area contributed by atoms with Crippen molar-refractivity contribution in [3.63, 3.8) is 0 Å². The second-order valence-electron chi connectivity index (χ2n) is 5.49. The van der Waals surface area contributed by atoms with Crippen LogP contribution in [-0.2, 0) is 6.18 Å². The highest BCUT2D eigenvalue weighted by molar-refractivity contribution is 6.33. The lowest BCUT2D eigenvalue weighted by molar-refractivity contribution is -0.137. The number of pyridine rings is 2. The Morgan fingerprint density at radius 2 is 2.00 bits per heavy atom. The number of carbonyl (C=O) groups is 1. The van der Waals surface area contributed by atoms with Crippen molar-refractivity contribution >= 4 is 29.0 Å². The lowest BCUT2D eigenvalue weighted by atomic mass is 10.2. The molecule has 0 aliphatic carbocycles. The van der Waals surface area contributed by atoms with Crippen LogP contribution in [0.1, 0.15) is 27.3 Å². The van der Waals surface area contributed by atoms with Gasteiger partial charge in [0.2, 0.25) is 0 Å². The van der Waals surface area contributed by atoms with E-state index in [0.717, 1.165) is 22.2 Å². The average molecular weight is 369 g/mol. The second-order valence-corrected chi connectivity index (χ2v) is 5.89. The topological polar surface area (TPSA) is 59.3 Å². The Morgan fingerprint density at radius 1 is 1.28 bits per heavy atom. The van der Waals surface area contributed by atoms with Crippen molar-refractivity contribution in [3.8, 4) is 0 Å². The molecule has 9 heteroatoms. The Labute approximate surface area is 145 Å². The van der Waals surface area contributed by atoms with Gasteiger partial charge in [-0.1, -0.05) is 11.6 Å². The number of hydrogen-bond donors (Lipinski definition) is 1. The van der Waals surface area contributed by atoms with Gasteiger partial charge in [-0.25, -0.2) is 9.97 Å². The van der Waals surface area contributed by atoms with Crippen LogP contribution in [0.5, 0.6) is 0 Å². The summed E-state index contributed by atoms with van der Waals surface area (Å²) >= 11 is 5.91. The molecule has 25 heavy (non-hydrogen) atoms. The van der Waals surface area contributed by atoms with Crippen LogP contribution in [0.3, 0.4) is 0 Å². The highest BCUT2D eigenvalue weighted by atomic mass is 35.5. The monoisotopic (exact) mass is 368 g/mol. The maximum atomic E-state index is 13.0. The first-order valence-electron chi connectivity index (χ1n) is 7.16. The number of rotatable bonds is 2. The number of aromatic nitrogens is 3. The molecular formula is C16H12ClF3N4O. The molecule has 0 saturated heterocycles. The number of anilines is 1. The van der Waals surface area contributed by atoms with E-state index in [-0.39, 0.29) is 27.9 Å². The molecule has 0 aromatic carbocycles. The number of imidazole rings is 1. The predicted octanol–water partition coefficient (Wildman–Crippen LogP) is 4.27. The van der Waals surface area contributed by atoms with E-state index < -0.39 is 17.6 Å².